The number of methoxy groups -OCH3 is 1. The van der Waals surface area contributed by atoms with Crippen LogP contribution in [0.5, 0.6) is 0 Å². The second kappa shape index (κ2) is 7.46. The van der Waals surface area contributed by atoms with Crippen molar-refractivity contribution in [3.05, 3.63) is 33.2 Å². The second-order valence-corrected chi connectivity index (χ2v) is 5.29. The van der Waals surface area contributed by atoms with Crippen LogP contribution in [0.3, 0.4) is 0 Å². The van der Waals surface area contributed by atoms with Crippen molar-refractivity contribution in [3.63, 3.8) is 0 Å². The minimum absolute atomic E-state index is 0.127. The van der Waals surface area contributed by atoms with Gasteiger partial charge in [0.1, 0.15) is 0 Å². The second-order valence-electron chi connectivity index (χ2n) is 5.29. The molecule has 0 aliphatic heterocycles. The molecule has 0 unspecified atom stereocenters. The Morgan fingerprint density at radius 1 is 1.37 bits per heavy atom. The van der Waals surface area contributed by atoms with Gasteiger partial charge in [0.15, 0.2) is 0 Å². The largest absolute Gasteiger partial charge is 0.385 e. The van der Waals surface area contributed by atoms with E-state index in [4.69, 9.17) is 4.74 Å². The first kappa shape index (κ1) is 15.9. The van der Waals surface area contributed by atoms with Gasteiger partial charge in [-0.05, 0) is 31.9 Å². The summed E-state index contributed by atoms with van der Waals surface area (Å²) in [7, 11) is 1.68. The average Bonchev–Trinajstić information content (AvgIpc) is 2.32. The number of pyridine rings is 1. The van der Waals surface area contributed by atoms with Gasteiger partial charge in [0.2, 0.25) is 0 Å². The molecule has 0 saturated carbocycles. The van der Waals surface area contributed by atoms with E-state index in [0.29, 0.717) is 25.7 Å². The van der Waals surface area contributed by atoms with Gasteiger partial charge in [-0.25, -0.2) is 0 Å². The number of nitrogens with one attached hydrogen (secondary N) is 1. The van der Waals surface area contributed by atoms with E-state index in [0.717, 1.165) is 23.2 Å². The topological polar surface area (TPSA) is 43.3 Å². The van der Waals surface area contributed by atoms with Crippen LogP contribution in [-0.4, -0.2) is 24.3 Å². The van der Waals surface area contributed by atoms with Crippen molar-refractivity contribution < 1.29 is 4.74 Å². The van der Waals surface area contributed by atoms with E-state index in [1.165, 1.54) is 0 Å². The number of aryl methyl sites for hydroxylation is 2. The highest BCUT2D eigenvalue weighted by molar-refractivity contribution is 5.26. The molecule has 1 rings (SSSR count). The molecule has 108 valence electrons. The SMILES string of the molecule is COCCCn1c(C)cc(C)c(CNC(C)C)c1=O. The lowest BCUT2D eigenvalue weighted by Gasteiger charge is -2.15. The van der Waals surface area contributed by atoms with Crippen LogP contribution in [0.4, 0.5) is 0 Å². The predicted molar refractivity (Wildman–Crippen MR) is 78.6 cm³/mol. The quantitative estimate of drug-likeness (QED) is 0.768. The van der Waals surface area contributed by atoms with Gasteiger partial charge in [0.25, 0.3) is 5.56 Å². The molecular formula is C15H26N2O2. The minimum Gasteiger partial charge on any atom is -0.385 e. The van der Waals surface area contributed by atoms with Crippen LogP contribution in [-0.2, 0) is 17.8 Å². The molecule has 0 spiro atoms. The van der Waals surface area contributed by atoms with Crippen LogP contribution in [0.15, 0.2) is 10.9 Å². The van der Waals surface area contributed by atoms with Crippen LogP contribution < -0.4 is 10.9 Å². The molecule has 0 atom stereocenters. The number of hydrogen-bond donors (Lipinski definition) is 1. The first-order valence-electron chi connectivity index (χ1n) is 6.89. The summed E-state index contributed by atoms with van der Waals surface area (Å²) in [6, 6.07) is 2.47. The van der Waals surface area contributed by atoms with Gasteiger partial charge in [-0.3, -0.25) is 4.79 Å². The van der Waals surface area contributed by atoms with Crippen LogP contribution in [0.2, 0.25) is 0 Å². The molecule has 0 fully saturated rings. The fourth-order valence-corrected chi connectivity index (χ4v) is 2.14. The molecule has 0 aromatic carbocycles. The van der Waals surface area contributed by atoms with Crippen molar-refractivity contribution >= 4 is 0 Å². The lowest BCUT2D eigenvalue weighted by Crippen LogP contribution is -2.32. The summed E-state index contributed by atoms with van der Waals surface area (Å²) >= 11 is 0. The van der Waals surface area contributed by atoms with Gasteiger partial charge in [-0.2, -0.15) is 0 Å². The summed E-state index contributed by atoms with van der Waals surface area (Å²) in [6.07, 6.45) is 0.858. The molecule has 0 bridgehead atoms. The Labute approximate surface area is 115 Å². The van der Waals surface area contributed by atoms with E-state index >= 15 is 0 Å². The molecule has 1 aromatic rings. The van der Waals surface area contributed by atoms with E-state index in [9.17, 15) is 4.79 Å². The molecule has 1 aromatic heterocycles. The normalized spacial score (nSPS) is 11.3. The predicted octanol–water partition coefficient (Wildman–Crippen LogP) is 2.00. The van der Waals surface area contributed by atoms with Crippen LogP contribution in [0, 0.1) is 13.8 Å². The molecule has 19 heavy (non-hydrogen) atoms. The number of aromatic nitrogens is 1. The molecule has 4 heteroatoms. The molecular weight excluding hydrogens is 240 g/mol. The Morgan fingerprint density at radius 3 is 2.63 bits per heavy atom. The van der Waals surface area contributed by atoms with E-state index in [-0.39, 0.29) is 5.56 Å². The van der Waals surface area contributed by atoms with E-state index in [1.807, 2.05) is 18.4 Å². The molecule has 4 nitrogen and oxygen atoms in total. The Kier molecular flexibility index (Phi) is 6.25. The number of rotatable bonds is 7. The number of hydrogen-bond acceptors (Lipinski definition) is 3. The van der Waals surface area contributed by atoms with Gasteiger partial charge in [0, 0.05) is 44.1 Å². The zero-order valence-corrected chi connectivity index (χ0v) is 12.7. The van der Waals surface area contributed by atoms with Crippen LogP contribution in [0.25, 0.3) is 0 Å². The van der Waals surface area contributed by atoms with E-state index in [2.05, 4.69) is 25.2 Å². The summed E-state index contributed by atoms with van der Waals surface area (Å²) in [5.41, 5.74) is 3.09. The Bertz CT molecular complexity index is 464. The summed E-state index contributed by atoms with van der Waals surface area (Å²) < 4.78 is 6.90. The van der Waals surface area contributed by atoms with Crippen molar-refractivity contribution in [2.45, 2.75) is 53.2 Å². The maximum atomic E-state index is 12.5. The summed E-state index contributed by atoms with van der Waals surface area (Å²) in [4.78, 5) is 12.5. The van der Waals surface area contributed by atoms with Gasteiger partial charge >= 0.3 is 0 Å². The van der Waals surface area contributed by atoms with Crippen molar-refractivity contribution in [1.29, 1.82) is 0 Å². The lowest BCUT2D eigenvalue weighted by molar-refractivity contribution is 0.189. The van der Waals surface area contributed by atoms with Crippen molar-refractivity contribution in [1.82, 2.24) is 9.88 Å². The van der Waals surface area contributed by atoms with Gasteiger partial charge in [-0.15, -0.1) is 0 Å². The standard InChI is InChI=1S/C15H26N2O2/c1-11(2)16-10-14-12(3)9-13(4)17(15(14)18)7-6-8-19-5/h9,11,16H,6-8,10H2,1-5H3. The lowest BCUT2D eigenvalue weighted by atomic mass is 10.1. The zero-order chi connectivity index (χ0) is 14.4. The van der Waals surface area contributed by atoms with Crippen LogP contribution in [0.1, 0.15) is 37.1 Å². The molecule has 0 aliphatic rings. The number of nitrogens with zero attached hydrogens (tertiary/aromatic N) is 1. The maximum absolute atomic E-state index is 12.5. The third-order valence-electron chi connectivity index (χ3n) is 3.25. The molecule has 0 aliphatic carbocycles. The Morgan fingerprint density at radius 2 is 2.05 bits per heavy atom. The Balaban J connectivity index is 2.98. The highest BCUT2D eigenvalue weighted by Crippen LogP contribution is 2.07. The van der Waals surface area contributed by atoms with Gasteiger partial charge in [0.05, 0.1) is 0 Å². The third-order valence-corrected chi connectivity index (χ3v) is 3.25. The number of ether oxygens (including phenoxy) is 1. The van der Waals surface area contributed by atoms with Gasteiger partial charge in [-0.1, -0.05) is 13.8 Å². The monoisotopic (exact) mass is 266 g/mol. The van der Waals surface area contributed by atoms with E-state index in [1.54, 1.807) is 7.11 Å². The fraction of sp³-hybridized carbons (Fsp3) is 0.667. The first-order valence-corrected chi connectivity index (χ1v) is 6.89. The van der Waals surface area contributed by atoms with Crippen LogP contribution >= 0.6 is 0 Å². The molecule has 0 radical (unpaired) electrons. The maximum Gasteiger partial charge on any atom is 0.255 e. The van der Waals surface area contributed by atoms with Crippen molar-refractivity contribution in [2.75, 3.05) is 13.7 Å². The summed E-state index contributed by atoms with van der Waals surface area (Å²) in [5.74, 6) is 0. The molecule has 1 heterocycles. The third kappa shape index (κ3) is 4.48. The first-order chi connectivity index (χ1) is 8.97. The molecule has 0 amide bonds. The zero-order valence-electron chi connectivity index (χ0n) is 12.7. The molecule has 0 saturated heterocycles. The summed E-state index contributed by atoms with van der Waals surface area (Å²) in [5, 5.41) is 3.32. The molecule has 1 N–H and O–H groups in total. The summed E-state index contributed by atoms with van der Waals surface area (Å²) in [6.45, 7) is 10.2. The average molecular weight is 266 g/mol. The highest BCUT2D eigenvalue weighted by Gasteiger charge is 2.10. The van der Waals surface area contributed by atoms with E-state index < -0.39 is 0 Å². The highest BCUT2D eigenvalue weighted by atomic mass is 16.5. The van der Waals surface area contributed by atoms with Gasteiger partial charge < -0.3 is 14.6 Å². The van der Waals surface area contributed by atoms with Crippen molar-refractivity contribution in [3.8, 4) is 0 Å². The smallest absolute Gasteiger partial charge is 0.255 e. The fourth-order valence-electron chi connectivity index (χ4n) is 2.14. The Hall–Kier alpha value is -1.13. The minimum atomic E-state index is 0.127. The van der Waals surface area contributed by atoms with Crippen molar-refractivity contribution in [2.24, 2.45) is 0 Å².